The Morgan fingerprint density at radius 3 is 2.41 bits per heavy atom. The van der Waals surface area contributed by atoms with Crippen molar-refractivity contribution in [1.82, 2.24) is 15.6 Å². The van der Waals surface area contributed by atoms with Crippen molar-refractivity contribution in [3.63, 3.8) is 0 Å². The number of hydrogen-bond donors (Lipinski definition) is 3. The lowest BCUT2D eigenvalue weighted by Crippen LogP contribution is -2.30. The second-order valence-corrected chi connectivity index (χ2v) is 7.46. The molecule has 2 aromatic carbocycles. The molecule has 11 heteroatoms. The van der Waals surface area contributed by atoms with Crippen molar-refractivity contribution in [2.75, 3.05) is 11.4 Å². The van der Waals surface area contributed by atoms with Gasteiger partial charge in [-0.25, -0.2) is 0 Å². The summed E-state index contributed by atoms with van der Waals surface area (Å²) in [5.74, 6) is -1.01. The highest BCUT2D eigenvalue weighted by atomic mass is 19.3. The minimum absolute atomic E-state index is 0.144. The Morgan fingerprint density at radius 1 is 0.971 bits per heavy atom. The number of nitrogens with zero attached hydrogens (tertiary/aromatic N) is 2. The molecule has 3 aromatic rings. The minimum Gasteiger partial charge on any atom is -0.431 e. The smallest absolute Gasteiger partial charge is 0.387 e. The molecule has 0 saturated carbocycles. The molecule has 0 radical (unpaired) electrons. The van der Waals surface area contributed by atoms with E-state index in [0.717, 1.165) is 17.2 Å². The van der Waals surface area contributed by atoms with Gasteiger partial charge in [0.1, 0.15) is 0 Å². The molecule has 0 amide bonds. The lowest BCUT2D eigenvalue weighted by molar-refractivity contribution is -0.0692. The maximum atomic E-state index is 13.0. The number of benzene rings is 2. The summed E-state index contributed by atoms with van der Waals surface area (Å²) in [4.78, 5) is 5.93. The summed E-state index contributed by atoms with van der Waals surface area (Å²) >= 11 is 0. The Labute approximate surface area is 192 Å². The highest BCUT2D eigenvalue weighted by Gasteiger charge is 2.24. The van der Waals surface area contributed by atoms with Crippen LogP contribution in [0.5, 0.6) is 11.5 Å². The number of anilines is 2. The Morgan fingerprint density at radius 2 is 1.74 bits per heavy atom. The van der Waals surface area contributed by atoms with Crippen LogP contribution in [0.15, 0.2) is 67.0 Å². The summed E-state index contributed by atoms with van der Waals surface area (Å²) in [5, 5.41) is 15.6. The van der Waals surface area contributed by atoms with Gasteiger partial charge < -0.3 is 19.5 Å². The molecule has 0 aliphatic carbocycles. The Balaban J connectivity index is 1.73. The molecule has 4 rings (SSSR count). The molecule has 7 nitrogen and oxygen atoms in total. The number of aliphatic hydroxyl groups is 1. The Hall–Kier alpha value is -3.41. The molecule has 1 saturated heterocycles. The largest absolute Gasteiger partial charge is 0.431 e. The molecule has 2 heterocycles. The molecule has 2 unspecified atom stereocenters. The molecule has 0 bridgehead atoms. The molecule has 1 aliphatic heterocycles. The van der Waals surface area contributed by atoms with E-state index in [0.29, 0.717) is 24.5 Å². The third kappa shape index (κ3) is 5.93. The first-order chi connectivity index (χ1) is 16.4. The number of aliphatic hydroxyl groups excluding tert-OH is 1. The topological polar surface area (TPSA) is 78.9 Å². The molecule has 180 valence electrons. The van der Waals surface area contributed by atoms with Crippen LogP contribution in [0.4, 0.5) is 28.9 Å². The monoisotopic (exact) mass is 478 g/mol. The molecule has 3 N–H and O–H groups in total. The van der Waals surface area contributed by atoms with Crippen molar-refractivity contribution in [2.24, 2.45) is 0 Å². The summed E-state index contributed by atoms with van der Waals surface area (Å²) in [6.45, 7) is -5.60. The van der Waals surface area contributed by atoms with E-state index in [1.54, 1.807) is 18.5 Å². The first-order valence-electron chi connectivity index (χ1n) is 10.4. The van der Waals surface area contributed by atoms with E-state index < -0.39 is 31.1 Å². The zero-order chi connectivity index (χ0) is 24.1. The zero-order valence-corrected chi connectivity index (χ0v) is 17.7. The lowest BCUT2D eigenvalue weighted by atomic mass is 10.1. The van der Waals surface area contributed by atoms with E-state index in [-0.39, 0.29) is 6.04 Å². The Kier molecular flexibility index (Phi) is 7.46. The number of aromatic nitrogens is 1. The molecule has 1 aliphatic rings. The second kappa shape index (κ2) is 10.7. The molecule has 1 fully saturated rings. The third-order valence-electron chi connectivity index (χ3n) is 5.19. The van der Waals surface area contributed by atoms with E-state index in [4.69, 9.17) is 0 Å². The summed E-state index contributed by atoms with van der Waals surface area (Å²) in [5.41, 5.74) is 2.83. The van der Waals surface area contributed by atoms with Gasteiger partial charge in [-0.2, -0.15) is 17.6 Å². The normalized spacial score (nSPS) is 17.9. The molecule has 2 atom stereocenters. The van der Waals surface area contributed by atoms with Gasteiger partial charge in [-0.1, -0.05) is 18.2 Å². The van der Waals surface area contributed by atoms with Crippen LogP contribution in [-0.4, -0.2) is 36.2 Å². The summed E-state index contributed by atoms with van der Waals surface area (Å²) in [7, 11) is 0. The number of halogens is 4. The van der Waals surface area contributed by atoms with Crippen LogP contribution < -0.4 is 25.0 Å². The van der Waals surface area contributed by atoms with E-state index >= 15 is 0 Å². The second-order valence-electron chi connectivity index (χ2n) is 7.46. The standard InChI is InChI=1S/C23H22F4N4O3/c24-21(25)33-19-7-6-17(10-20(19)34-22(26)27)31(13-14-3-2-8-28-11-14)16-5-1-4-15(9-16)18-12-29-23(32)30-18/h1-11,18,21-23,29-30,32H,12-13H2. The van der Waals surface area contributed by atoms with Gasteiger partial charge in [0, 0.05) is 49.0 Å². The van der Waals surface area contributed by atoms with Crippen molar-refractivity contribution in [3.05, 3.63) is 78.1 Å². The van der Waals surface area contributed by atoms with E-state index in [9.17, 15) is 22.7 Å². The van der Waals surface area contributed by atoms with Crippen molar-refractivity contribution in [1.29, 1.82) is 0 Å². The number of alkyl halides is 4. The number of hydrogen-bond acceptors (Lipinski definition) is 7. The van der Waals surface area contributed by atoms with Crippen LogP contribution in [0.2, 0.25) is 0 Å². The molecule has 0 spiro atoms. The van der Waals surface area contributed by atoms with Gasteiger partial charge in [-0.15, -0.1) is 0 Å². The summed E-state index contributed by atoms with van der Waals surface area (Å²) in [6, 6.07) is 14.8. The van der Waals surface area contributed by atoms with E-state index in [2.05, 4.69) is 25.1 Å². The molecule has 1 aromatic heterocycles. The maximum Gasteiger partial charge on any atom is 0.387 e. The predicted molar refractivity (Wildman–Crippen MR) is 116 cm³/mol. The maximum absolute atomic E-state index is 13.0. The van der Waals surface area contributed by atoms with Gasteiger partial charge in [0.15, 0.2) is 17.9 Å². The molecular formula is C23H22F4N4O3. The Bertz CT molecular complexity index is 1090. The third-order valence-corrected chi connectivity index (χ3v) is 5.19. The van der Waals surface area contributed by atoms with Gasteiger partial charge in [0.25, 0.3) is 0 Å². The fourth-order valence-electron chi connectivity index (χ4n) is 3.71. The predicted octanol–water partition coefficient (Wildman–Crippen LogP) is 4.13. The minimum atomic E-state index is -3.22. The average molecular weight is 478 g/mol. The number of nitrogens with one attached hydrogen (secondary N) is 2. The summed E-state index contributed by atoms with van der Waals surface area (Å²) < 4.78 is 60.3. The first kappa shape index (κ1) is 23.7. The average Bonchev–Trinajstić information content (AvgIpc) is 3.25. The van der Waals surface area contributed by atoms with Gasteiger partial charge in [-0.3, -0.25) is 15.6 Å². The highest BCUT2D eigenvalue weighted by molar-refractivity contribution is 5.67. The van der Waals surface area contributed by atoms with Gasteiger partial charge >= 0.3 is 13.2 Å². The van der Waals surface area contributed by atoms with Crippen LogP contribution in [0, 0.1) is 0 Å². The van der Waals surface area contributed by atoms with Gasteiger partial charge in [0.05, 0.1) is 0 Å². The van der Waals surface area contributed by atoms with Gasteiger partial charge in [-0.05, 0) is 41.5 Å². The van der Waals surface area contributed by atoms with E-state index in [1.807, 2.05) is 35.2 Å². The van der Waals surface area contributed by atoms with Crippen LogP contribution >= 0.6 is 0 Å². The van der Waals surface area contributed by atoms with Crippen molar-refractivity contribution in [3.8, 4) is 11.5 Å². The van der Waals surface area contributed by atoms with Crippen molar-refractivity contribution in [2.45, 2.75) is 32.2 Å². The van der Waals surface area contributed by atoms with Crippen molar-refractivity contribution < 1.29 is 32.1 Å². The van der Waals surface area contributed by atoms with Crippen LogP contribution in [-0.2, 0) is 6.54 Å². The van der Waals surface area contributed by atoms with E-state index in [1.165, 1.54) is 12.1 Å². The fraction of sp³-hybridized carbons (Fsp3) is 0.261. The summed E-state index contributed by atoms with van der Waals surface area (Å²) in [6.07, 6.45) is 2.47. The fourth-order valence-corrected chi connectivity index (χ4v) is 3.71. The lowest BCUT2D eigenvalue weighted by Gasteiger charge is -2.27. The van der Waals surface area contributed by atoms with Gasteiger partial charge in [0.2, 0.25) is 0 Å². The van der Waals surface area contributed by atoms with Crippen LogP contribution in [0.3, 0.4) is 0 Å². The number of rotatable bonds is 9. The van der Waals surface area contributed by atoms with Crippen LogP contribution in [0.25, 0.3) is 0 Å². The number of pyridine rings is 1. The highest BCUT2D eigenvalue weighted by Crippen LogP contribution is 2.38. The SMILES string of the molecule is OC1NCC(c2cccc(N(Cc3cccnc3)c3ccc(OC(F)F)c(OC(F)F)c3)c2)N1. The van der Waals surface area contributed by atoms with Crippen molar-refractivity contribution >= 4 is 11.4 Å². The zero-order valence-electron chi connectivity index (χ0n) is 17.7. The number of ether oxygens (including phenoxy) is 2. The first-order valence-corrected chi connectivity index (χ1v) is 10.4. The molecule has 34 heavy (non-hydrogen) atoms. The van der Waals surface area contributed by atoms with Crippen LogP contribution in [0.1, 0.15) is 17.2 Å². The quantitative estimate of drug-likeness (QED) is 0.399. The molecular weight excluding hydrogens is 456 g/mol.